The van der Waals surface area contributed by atoms with Crippen molar-refractivity contribution in [2.45, 2.75) is 69.3 Å². The number of carbonyl (C=O) groups excluding carboxylic acids is 1. The highest BCUT2D eigenvalue weighted by Gasteiger charge is 2.45. The van der Waals surface area contributed by atoms with E-state index >= 15 is 0 Å². The van der Waals surface area contributed by atoms with Gasteiger partial charge in [-0.1, -0.05) is 62.8 Å². The number of benzene rings is 1. The lowest BCUT2D eigenvalue weighted by Crippen LogP contribution is -2.54. The van der Waals surface area contributed by atoms with Crippen molar-refractivity contribution >= 4 is 29.0 Å². The number of allylic oxidation sites excluding steroid dienone is 3. The number of carbonyl (C=O) groups is 1. The second-order valence-electron chi connectivity index (χ2n) is 10.0. The third-order valence-corrected chi connectivity index (χ3v) is 9.55. The maximum absolute atomic E-state index is 13.6. The SMILES string of the molecule is C=C/C=C(/SC1C(=C)CC(c2ccsc2)(c2cccc(OC(C)C3CCCCC3)c2)NC1=O)C(=C)C.[HH]. The number of rotatable bonds is 9. The largest absolute Gasteiger partial charge is 0.490 e. The number of hydrogen-bond acceptors (Lipinski definition) is 4. The predicted octanol–water partition coefficient (Wildman–Crippen LogP) is 8.41. The van der Waals surface area contributed by atoms with Crippen LogP contribution in [-0.2, 0) is 10.3 Å². The zero-order chi connectivity index (χ0) is 25.7. The second-order valence-corrected chi connectivity index (χ2v) is 12.0. The molecule has 4 rings (SSSR count). The van der Waals surface area contributed by atoms with Crippen LogP contribution in [0.25, 0.3) is 0 Å². The summed E-state index contributed by atoms with van der Waals surface area (Å²) in [5.41, 5.74) is 3.23. The summed E-state index contributed by atoms with van der Waals surface area (Å²) in [5, 5.41) is 7.20. The number of nitrogens with one attached hydrogen (secondary N) is 1. The fourth-order valence-electron chi connectivity index (χ4n) is 5.36. The van der Waals surface area contributed by atoms with Gasteiger partial charge in [0.15, 0.2) is 0 Å². The summed E-state index contributed by atoms with van der Waals surface area (Å²) in [6.45, 7) is 16.4. The van der Waals surface area contributed by atoms with Gasteiger partial charge in [0, 0.05) is 12.8 Å². The first-order chi connectivity index (χ1) is 17.3. The zero-order valence-electron chi connectivity index (χ0n) is 21.4. The van der Waals surface area contributed by atoms with Crippen molar-refractivity contribution in [3.8, 4) is 5.75 Å². The van der Waals surface area contributed by atoms with Gasteiger partial charge in [0.1, 0.15) is 11.0 Å². The zero-order valence-corrected chi connectivity index (χ0v) is 23.1. The molecule has 1 N–H and O–H groups in total. The second kappa shape index (κ2) is 11.7. The molecule has 5 heteroatoms. The molecule has 3 atom stereocenters. The van der Waals surface area contributed by atoms with E-state index in [0.29, 0.717) is 12.3 Å². The highest BCUT2D eigenvalue weighted by atomic mass is 32.2. The van der Waals surface area contributed by atoms with Crippen molar-refractivity contribution in [3.63, 3.8) is 0 Å². The Morgan fingerprint density at radius 1 is 1.28 bits per heavy atom. The third kappa shape index (κ3) is 5.73. The average Bonchev–Trinajstić information content (AvgIpc) is 3.42. The van der Waals surface area contributed by atoms with Crippen molar-refractivity contribution in [1.82, 2.24) is 5.32 Å². The Morgan fingerprint density at radius 3 is 2.69 bits per heavy atom. The monoisotopic (exact) mass is 521 g/mol. The first-order valence-corrected chi connectivity index (χ1v) is 14.6. The van der Waals surface area contributed by atoms with Gasteiger partial charge in [-0.25, -0.2) is 0 Å². The van der Waals surface area contributed by atoms with Gasteiger partial charge in [0.2, 0.25) is 5.91 Å². The summed E-state index contributed by atoms with van der Waals surface area (Å²) in [5.74, 6) is 1.42. The number of piperidine rings is 1. The van der Waals surface area contributed by atoms with Crippen molar-refractivity contribution in [1.29, 1.82) is 0 Å². The number of hydrogen-bond donors (Lipinski definition) is 1. The predicted molar refractivity (Wildman–Crippen MR) is 157 cm³/mol. The lowest BCUT2D eigenvalue weighted by molar-refractivity contribution is -0.122. The van der Waals surface area contributed by atoms with Crippen LogP contribution in [0.4, 0.5) is 0 Å². The van der Waals surface area contributed by atoms with Crippen LogP contribution in [0.3, 0.4) is 0 Å². The Kier molecular flexibility index (Phi) is 8.63. The average molecular weight is 522 g/mol. The van der Waals surface area contributed by atoms with Crippen LogP contribution in [0.1, 0.15) is 64.9 Å². The van der Waals surface area contributed by atoms with Gasteiger partial charge in [0.25, 0.3) is 0 Å². The van der Waals surface area contributed by atoms with Crippen molar-refractivity contribution < 1.29 is 11.0 Å². The van der Waals surface area contributed by atoms with E-state index in [4.69, 9.17) is 4.74 Å². The summed E-state index contributed by atoms with van der Waals surface area (Å²) in [6, 6.07) is 10.4. The van der Waals surface area contributed by atoms with E-state index in [1.165, 1.54) is 43.9 Å². The van der Waals surface area contributed by atoms with E-state index in [9.17, 15) is 4.79 Å². The van der Waals surface area contributed by atoms with Gasteiger partial charge in [-0.15, -0.1) is 11.8 Å². The van der Waals surface area contributed by atoms with Crippen LogP contribution in [0.15, 0.2) is 89.0 Å². The summed E-state index contributed by atoms with van der Waals surface area (Å²) in [7, 11) is 0. The highest BCUT2D eigenvalue weighted by molar-refractivity contribution is 8.04. The molecule has 1 saturated carbocycles. The molecule has 1 aromatic carbocycles. The minimum Gasteiger partial charge on any atom is -0.490 e. The van der Waals surface area contributed by atoms with Gasteiger partial charge >= 0.3 is 0 Å². The van der Waals surface area contributed by atoms with E-state index in [1.807, 2.05) is 25.1 Å². The summed E-state index contributed by atoms with van der Waals surface area (Å²) in [6.07, 6.45) is 10.8. The smallest absolute Gasteiger partial charge is 0.238 e. The molecule has 36 heavy (non-hydrogen) atoms. The Bertz CT molecular complexity index is 1130. The van der Waals surface area contributed by atoms with Crippen LogP contribution in [0.5, 0.6) is 5.75 Å². The molecule has 192 valence electrons. The Balaban J connectivity index is 0.00000380. The standard InChI is InChI=1S/C31H37NO2S2.H2/c1-6-11-28(21(2)3)36-29-22(4)19-31(32-30(29)33,26-16-17-35-20-26)25-14-10-15-27(18-25)34-23(5)24-12-8-7-9-13-24;/h6,10-11,14-18,20,23-24,29H,1-2,4,7-9,12-13,19H2,3,5H3,(H,32,33);1H/b28-11+;. The van der Waals surface area contributed by atoms with Crippen LogP contribution in [0, 0.1) is 5.92 Å². The topological polar surface area (TPSA) is 38.3 Å². The Labute approximate surface area is 225 Å². The molecule has 2 heterocycles. The van der Waals surface area contributed by atoms with Gasteiger partial charge < -0.3 is 10.1 Å². The van der Waals surface area contributed by atoms with E-state index in [2.05, 4.69) is 60.9 Å². The molecule has 2 aliphatic rings. The van der Waals surface area contributed by atoms with Crippen LogP contribution in [0.2, 0.25) is 0 Å². The lowest BCUT2D eigenvalue weighted by Gasteiger charge is -2.42. The number of thioether (sulfide) groups is 1. The van der Waals surface area contributed by atoms with E-state index in [0.717, 1.165) is 32.9 Å². The minimum atomic E-state index is -0.676. The molecule has 0 radical (unpaired) electrons. The molecular weight excluding hydrogens is 482 g/mol. The fraction of sp³-hybridized carbons (Fsp3) is 0.387. The summed E-state index contributed by atoms with van der Waals surface area (Å²) < 4.78 is 6.47. The minimum absolute atomic E-state index is 0. The van der Waals surface area contributed by atoms with E-state index in [1.54, 1.807) is 17.4 Å². The maximum atomic E-state index is 13.6. The molecule has 1 saturated heterocycles. The molecule has 1 aliphatic heterocycles. The van der Waals surface area contributed by atoms with Gasteiger partial charge in [-0.3, -0.25) is 4.79 Å². The van der Waals surface area contributed by atoms with Crippen molar-refractivity contribution in [2.75, 3.05) is 0 Å². The Morgan fingerprint density at radius 2 is 2.06 bits per heavy atom. The fourth-order valence-corrected chi connectivity index (χ4v) is 7.14. The molecule has 1 aromatic heterocycles. The third-order valence-electron chi connectivity index (χ3n) is 7.35. The number of ether oxygens (including phenoxy) is 1. The quantitative estimate of drug-likeness (QED) is 0.266. The van der Waals surface area contributed by atoms with Crippen LogP contribution < -0.4 is 10.1 Å². The molecule has 0 spiro atoms. The number of thiophene rings is 1. The molecule has 2 fully saturated rings. The van der Waals surface area contributed by atoms with E-state index in [-0.39, 0.29) is 18.7 Å². The molecule has 0 bridgehead atoms. The lowest BCUT2D eigenvalue weighted by atomic mass is 9.76. The van der Waals surface area contributed by atoms with Gasteiger partial charge in [-0.2, -0.15) is 11.3 Å². The first-order valence-electron chi connectivity index (χ1n) is 12.8. The normalized spacial score (nSPS) is 24.2. The van der Waals surface area contributed by atoms with Crippen molar-refractivity contribution in [2.24, 2.45) is 5.92 Å². The Hall–Kier alpha value is -2.50. The first kappa shape index (κ1) is 26.6. The highest BCUT2D eigenvalue weighted by Crippen LogP contribution is 2.45. The van der Waals surface area contributed by atoms with E-state index < -0.39 is 5.54 Å². The van der Waals surface area contributed by atoms with Crippen molar-refractivity contribution in [3.05, 3.63) is 100 Å². The molecule has 1 amide bonds. The summed E-state index contributed by atoms with van der Waals surface area (Å²) in [4.78, 5) is 14.6. The molecule has 1 aliphatic carbocycles. The van der Waals surface area contributed by atoms with Gasteiger partial charge in [-0.05, 0) is 84.3 Å². The maximum Gasteiger partial charge on any atom is 0.238 e. The molecule has 2 aromatic rings. The molecular formula is C31H39NO2S2. The number of amides is 1. The molecule has 3 nitrogen and oxygen atoms in total. The van der Waals surface area contributed by atoms with Crippen LogP contribution in [-0.4, -0.2) is 17.3 Å². The summed E-state index contributed by atoms with van der Waals surface area (Å²) >= 11 is 3.13. The molecule has 3 unspecified atom stereocenters. The van der Waals surface area contributed by atoms with Crippen LogP contribution >= 0.6 is 23.1 Å². The van der Waals surface area contributed by atoms with Gasteiger partial charge in [0.05, 0.1) is 11.6 Å².